The Kier molecular flexibility index (Phi) is 7.52. The zero-order chi connectivity index (χ0) is 11.0. The highest BCUT2D eigenvalue weighted by Gasteiger charge is 2.20. The van der Waals surface area contributed by atoms with E-state index in [2.05, 4.69) is 6.92 Å². The Morgan fingerprint density at radius 1 is 1.29 bits per heavy atom. The van der Waals surface area contributed by atoms with Gasteiger partial charge in [0.1, 0.15) is 0 Å². The summed E-state index contributed by atoms with van der Waals surface area (Å²) >= 11 is 0. The van der Waals surface area contributed by atoms with Gasteiger partial charge in [-0.05, 0) is 19.8 Å². The van der Waals surface area contributed by atoms with Gasteiger partial charge in [0.15, 0.2) is 0 Å². The third kappa shape index (κ3) is 7.54. The minimum atomic E-state index is -3.31. The fourth-order valence-corrected chi connectivity index (χ4v) is 2.59. The van der Waals surface area contributed by atoms with Gasteiger partial charge in [0.2, 0.25) is 0 Å². The summed E-state index contributed by atoms with van der Waals surface area (Å²) in [7, 11) is -3.31. The van der Waals surface area contributed by atoms with Gasteiger partial charge in [-0.3, -0.25) is 4.57 Å². The van der Waals surface area contributed by atoms with Crippen LogP contribution in [-0.2, 0) is 9.09 Å². The molecule has 3 nitrogen and oxygen atoms in total. The van der Waals surface area contributed by atoms with Crippen molar-refractivity contribution in [2.75, 3.05) is 6.16 Å². The van der Waals surface area contributed by atoms with Crippen molar-refractivity contribution in [3.63, 3.8) is 0 Å². The number of rotatable bonds is 8. The van der Waals surface area contributed by atoms with Crippen LogP contribution in [0.2, 0.25) is 0 Å². The van der Waals surface area contributed by atoms with Gasteiger partial charge in [0.05, 0.1) is 6.10 Å². The van der Waals surface area contributed by atoms with Gasteiger partial charge in [0.25, 0.3) is 0 Å². The predicted molar refractivity (Wildman–Crippen MR) is 59.7 cm³/mol. The molecule has 86 valence electrons. The van der Waals surface area contributed by atoms with Crippen molar-refractivity contribution in [3.05, 3.63) is 0 Å². The van der Waals surface area contributed by atoms with Gasteiger partial charge in [-0.25, -0.2) is 0 Å². The molecule has 0 aliphatic carbocycles. The second kappa shape index (κ2) is 7.44. The molecular weight excluding hydrogens is 199 g/mol. The quantitative estimate of drug-likeness (QED) is 0.504. The van der Waals surface area contributed by atoms with E-state index in [1.165, 1.54) is 0 Å². The summed E-state index contributed by atoms with van der Waals surface area (Å²) in [6.45, 7) is 5.89. The summed E-state index contributed by atoms with van der Waals surface area (Å²) in [6.07, 6.45) is 5.04. The fraction of sp³-hybridized carbons (Fsp3) is 1.00. The minimum Gasteiger partial charge on any atom is -0.324 e. The van der Waals surface area contributed by atoms with E-state index in [0.29, 0.717) is 6.16 Å². The Hall–Kier alpha value is 0.150. The summed E-state index contributed by atoms with van der Waals surface area (Å²) in [4.78, 5) is 9.45. The van der Waals surface area contributed by atoms with Gasteiger partial charge in [-0.15, -0.1) is 0 Å². The molecule has 0 aromatic rings. The maximum Gasteiger partial charge on any atom is 0.328 e. The fourth-order valence-electron chi connectivity index (χ4n) is 1.15. The van der Waals surface area contributed by atoms with Crippen molar-refractivity contribution in [1.82, 2.24) is 0 Å². The molecular formula is C10H23O3P. The third-order valence-corrected chi connectivity index (χ3v) is 3.78. The molecule has 0 aromatic heterocycles. The largest absolute Gasteiger partial charge is 0.328 e. The van der Waals surface area contributed by atoms with E-state index in [0.717, 1.165) is 32.1 Å². The zero-order valence-corrected chi connectivity index (χ0v) is 10.4. The van der Waals surface area contributed by atoms with E-state index in [9.17, 15) is 9.46 Å². The molecule has 2 unspecified atom stereocenters. The maximum absolute atomic E-state index is 11.5. The zero-order valence-electron chi connectivity index (χ0n) is 9.53. The van der Waals surface area contributed by atoms with Crippen molar-refractivity contribution in [2.24, 2.45) is 0 Å². The summed E-state index contributed by atoms with van der Waals surface area (Å²) in [5.74, 6) is 0. The van der Waals surface area contributed by atoms with Gasteiger partial charge in [-0.2, -0.15) is 0 Å². The molecule has 0 amide bonds. The Morgan fingerprint density at radius 3 is 2.43 bits per heavy atom. The first-order valence-electron chi connectivity index (χ1n) is 5.52. The molecule has 0 bridgehead atoms. The minimum absolute atomic E-state index is 0.114. The van der Waals surface area contributed by atoms with E-state index in [1.807, 2.05) is 13.8 Å². The molecule has 2 atom stereocenters. The van der Waals surface area contributed by atoms with Crippen molar-refractivity contribution >= 4 is 7.60 Å². The van der Waals surface area contributed by atoms with Crippen LogP contribution < -0.4 is 0 Å². The van der Waals surface area contributed by atoms with E-state index in [-0.39, 0.29) is 6.10 Å². The van der Waals surface area contributed by atoms with Crippen LogP contribution in [0, 0.1) is 0 Å². The van der Waals surface area contributed by atoms with Crippen molar-refractivity contribution in [1.29, 1.82) is 0 Å². The van der Waals surface area contributed by atoms with Crippen LogP contribution in [-0.4, -0.2) is 17.2 Å². The molecule has 14 heavy (non-hydrogen) atoms. The molecule has 1 N–H and O–H groups in total. The van der Waals surface area contributed by atoms with Crippen molar-refractivity contribution in [3.8, 4) is 0 Å². The van der Waals surface area contributed by atoms with Crippen LogP contribution in [0.15, 0.2) is 0 Å². The molecule has 0 saturated heterocycles. The molecule has 0 aromatic carbocycles. The van der Waals surface area contributed by atoms with Gasteiger partial charge >= 0.3 is 7.60 Å². The Bertz CT molecular complexity index is 182. The smallest absolute Gasteiger partial charge is 0.324 e. The number of hydrogen-bond acceptors (Lipinski definition) is 2. The average Bonchev–Trinajstić information content (AvgIpc) is 2.12. The highest BCUT2D eigenvalue weighted by atomic mass is 31.2. The summed E-state index contributed by atoms with van der Waals surface area (Å²) in [5.41, 5.74) is 0. The van der Waals surface area contributed by atoms with Crippen molar-refractivity contribution < 1.29 is 14.0 Å². The van der Waals surface area contributed by atoms with Gasteiger partial charge in [0, 0.05) is 6.16 Å². The molecule has 0 aliphatic rings. The Labute approximate surface area is 87.4 Å². The number of hydrogen-bond donors (Lipinski definition) is 1. The molecule has 0 radical (unpaired) electrons. The van der Waals surface area contributed by atoms with Crippen LogP contribution in [0.4, 0.5) is 0 Å². The van der Waals surface area contributed by atoms with Crippen LogP contribution in [0.25, 0.3) is 0 Å². The lowest BCUT2D eigenvalue weighted by atomic mass is 10.2. The third-order valence-electron chi connectivity index (χ3n) is 2.21. The standard InChI is InChI=1S/C10H23O3P/c1-4-6-7-8-9-14(11,12)13-10(3)5-2/h10H,4-9H2,1-3H3,(H,11,12). The summed E-state index contributed by atoms with van der Waals surface area (Å²) in [6, 6.07) is 0. The first-order chi connectivity index (χ1) is 6.52. The summed E-state index contributed by atoms with van der Waals surface area (Å²) < 4.78 is 16.6. The Balaban J connectivity index is 3.66. The van der Waals surface area contributed by atoms with E-state index < -0.39 is 7.60 Å². The SMILES string of the molecule is CCCCCCP(=O)(O)OC(C)CC. The lowest BCUT2D eigenvalue weighted by Crippen LogP contribution is -2.06. The normalized spacial score (nSPS) is 17.7. The second-order valence-electron chi connectivity index (χ2n) is 3.75. The molecule has 0 heterocycles. The van der Waals surface area contributed by atoms with Crippen LogP contribution >= 0.6 is 7.60 Å². The highest BCUT2D eigenvalue weighted by Crippen LogP contribution is 2.44. The monoisotopic (exact) mass is 222 g/mol. The predicted octanol–water partition coefficient (Wildman–Crippen LogP) is 3.57. The second-order valence-corrected chi connectivity index (χ2v) is 5.68. The molecule has 0 saturated carbocycles. The molecule has 0 fully saturated rings. The van der Waals surface area contributed by atoms with Crippen LogP contribution in [0.3, 0.4) is 0 Å². The van der Waals surface area contributed by atoms with Crippen LogP contribution in [0.5, 0.6) is 0 Å². The maximum atomic E-state index is 11.5. The first-order valence-corrected chi connectivity index (χ1v) is 7.28. The molecule has 4 heteroatoms. The van der Waals surface area contributed by atoms with E-state index >= 15 is 0 Å². The number of unbranched alkanes of at least 4 members (excludes halogenated alkanes) is 3. The van der Waals surface area contributed by atoms with Crippen molar-refractivity contribution in [2.45, 2.75) is 59.0 Å². The highest BCUT2D eigenvalue weighted by molar-refractivity contribution is 7.52. The Morgan fingerprint density at radius 2 is 1.93 bits per heavy atom. The topological polar surface area (TPSA) is 46.5 Å². The lowest BCUT2D eigenvalue weighted by molar-refractivity contribution is 0.185. The molecule has 0 spiro atoms. The average molecular weight is 222 g/mol. The first kappa shape index (κ1) is 14.2. The van der Waals surface area contributed by atoms with Gasteiger partial charge < -0.3 is 9.42 Å². The van der Waals surface area contributed by atoms with E-state index in [1.54, 1.807) is 0 Å². The molecule has 0 aliphatic heterocycles. The molecule has 0 rings (SSSR count). The van der Waals surface area contributed by atoms with Gasteiger partial charge in [-0.1, -0.05) is 33.1 Å². The van der Waals surface area contributed by atoms with E-state index in [4.69, 9.17) is 4.52 Å². The van der Waals surface area contributed by atoms with Crippen LogP contribution in [0.1, 0.15) is 52.9 Å². The lowest BCUT2D eigenvalue weighted by Gasteiger charge is -2.16. The summed E-state index contributed by atoms with van der Waals surface area (Å²) in [5, 5.41) is 0.